The summed E-state index contributed by atoms with van der Waals surface area (Å²) in [5.74, 6) is -0.763. The van der Waals surface area contributed by atoms with Gasteiger partial charge in [0.15, 0.2) is 0 Å². The lowest BCUT2D eigenvalue weighted by molar-refractivity contribution is -0.145. The number of carbonyl (C=O) groups is 1. The number of likely N-dealkylation sites (tertiary alicyclic amines) is 1. The smallest absolute Gasteiger partial charge is 0.324 e. The molecule has 1 rings (SSSR count). The van der Waals surface area contributed by atoms with Crippen molar-refractivity contribution in [2.75, 3.05) is 40.3 Å². The van der Waals surface area contributed by atoms with E-state index in [1.165, 1.54) is 0 Å². The molecule has 0 aromatic carbocycles. The van der Waals surface area contributed by atoms with E-state index in [-0.39, 0.29) is 0 Å². The molecule has 0 saturated carbocycles. The van der Waals surface area contributed by atoms with E-state index in [0.717, 1.165) is 38.9 Å². The van der Waals surface area contributed by atoms with Crippen LogP contribution < -0.4 is 5.32 Å². The number of piperidine rings is 1. The van der Waals surface area contributed by atoms with Crippen LogP contribution >= 0.6 is 0 Å². The van der Waals surface area contributed by atoms with Crippen LogP contribution in [-0.4, -0.2) is 72.7 Å². The van der Waals surface area contributed by atoms with Crippen LogP contribution in [0.25, 0.3) is 0 Å². The Kier molecular flexibility index (Phi) is 6.23. The van der Waals surface area contributed by atoms with Gasteiger partial charge in [0.1, 0.15) is 5.54 Å². The van der Waals surface area contributed by atoms with E-state index in [4.69, 9.17) is 0 Å². The number of nitrogens with one attached hydrogen (secondary N) is 1. The van der Waals surface area contributed by atoms with E-state index in [1.807, 2.05) is 7.05 Å². The molecule has 1 aliphatic heterocycles. The molecule has 1 atom stereocenters. The van der Waals surface area contributed by atoms with Crippen LogP contribution in [0, 0.1) is 0 Å². The average Bonchev–Trinajstić information content (AvgIpc) is 2.36. The van der Waals surface area contributed by atoms with Crippen molar-refractivity contribution in [1.82, 2.24) is 15.1 Å². The lowest BCUT2D eigenvalue weighted by atomic mass is 9.98. The third kappa shape index (κ3) is 4.75. The Labute approximate surface area is 117 Å². The molecule has 1 heterocycles. The zero-order chi connectivity index (χ0) is 14.5. The quantitative estimate of drug-likeness (QED) is 0.719. The van der Waals surface area contributed by atoms with Gasteiger partial charge in [0, 0.05) is 12.6 Å². The van der Waals surface area contributed by atoms with Crippen molar-refractivity contribution < 1.29 is 9.90 Å². The summed E-state index contributed by atoms with van der Waals surface area (Å²) in [6.45, 7) is 7.33. The third-order valence-corrected chi connectivity index (χ3v) is 4.11. The van der Waals surface area contributed by atoms with Crippen molar-refractivity contribution in [3.63, 3.8) is 0 Å². The van der Waals surface area contributed by atoms with Crippen LogP contribution in [0.1, 0.15) is 33.1 Å². The molecule has 112 valence electrons. The van der Waals surface area contributed by atoms with Crippen LogP contribution in [0.2, 0.25) is 0 Å². The molecular formula is C14H29N3O2. The number of hydrogen-bond donors (Lipinski definition) is 2. The Morgan fingerprint density at radius 1 is 1.47 bits per heavy atom. The largest absolute Gasteiger partial charge is 0.480 e. The second kappa shape index (κ2) is 7.22. The fourth-order valence-corrected chi connectivity index (χ4v) is 2.66. The minimum absolute atomic E-state index is 0.498. The van der Waals surface area contributed by atoms with Gasteiger partial charge in [0.2, 0.25) is 0 Å². The van der Waals surface area contributed by atoms with Gasteiger partial charge in [-0.2, -0.15) is 0 Å². The number of likely N-dealkylation sites (N-methyl/N-ethyl adjacent to an activating group) is 1. The Balaban J connectivity index is 2.55. The van der Waals surface area contributed by atoms with E-state index >= 15 is 0 Å². The normalized spacial score (nSPS) is 21.5. The van der Waals surface area contributed by atoms with Gasteiger partial charge >= 0.3 is 5.97 Å². The predicted molar refractivity (Wildman–Crippen MR) is 77.5 cm³/mol. The van der Waals surface area contributed by atoms with Gasteiger partial charge in [0.05, 0.1) is 0 Å². The average molecular weight is 271 g/mol. The van der Waals surface area contributed by atoms with Crippen LogP contribution in [0.5, 0.6) is 0 Å². The number of nitrogens with zero attached hydrogens (tertiary/aromatic N) is 2. The molecule has 1 aliphatic rings. The van der Waals surface area contributed by atoms with Gasteiger partial charge in [-0.15, -0.1) is 0 Å². The van der Waals surface area contributed by atoms with Crippen molar-refractivity contribution in [2.45, 2.75) is 44.7 Å². The molecule has 0 bridgehead atoms. The number of hydrogen-bond acceptors (Lipinski definition) is 4. The molecule has 0 aromatic heterocycles. The predicted octanol–water partition coefficient (Wildman–Crippen LogP) is 0.855. The summed E-state index contributed by atoms with van der Waals surface area (Å²) in [5, 5.41) is 12.6. The minimum Gasteiger partial charge on any atom is -0.480 e. The maximum atomic E-state index is 11.5. The first kappa shape index (κ1) is 16.4. The molecule has 0 radical (unpaired) electrons. The SMILES string of the molecule is CCCNC(C)(CN(C)C1CCN(C)CC1)C(=O)O. The summed E-state index contributed by atoms with van der Waals surface area (Å²) in [5.41, 5.74) is -0.853. The first-order valence-electron chi connectivity index (χ1n) is 7.26. The maximum absolute atomic E-state index is 11.5. The summed E-state index contributed by atoms with van der Waals surface area (Å²) in [6, 6.07) is 0.498. The van der Waals surface area contributed by atoms with Gasteiger partial charge in [-0.05, 0) is 59.9 Å². The summed E-state index contributed by atoms with van der Waals surface area (Å²) in [4.78, 5) is 16.0. The Morgan fingerprint density at radius 2 is 2.05 bits per heavy atom. The third-order valence-electron chi connectivity index (χ3n) is 4.11. The summed E-state index contributed by atoms with van der Waals surface area (Å²) < 4.78 is 0. The topological polar surface area (TPSA) is 55.8 Å². The van der Waals surface area contributed by atoms with E-state index in [0.29, 0.717) is 12.6 Å². The molecule has 5 nitrogen and oxygen atoms in total. The molecule has 5 heteroatoms. The standard InChI is InChI=1S/C14H29N3O2/c1-5-8-15-14(2,13(18)19)11-17(4)12-6-9-16(3)10-7-12/h12,15H,5-11H2,1-4H3,(H,18,19). The second-order valence-corrected chi connectivity index (χ2v) is 6.01. The fourth-order valence-electron chi connectivity index (χ4n) is 2.66. The lowest BCUT2D eigenvalue weighted by Gasteiger charge is -2.39. The van der Waals surface area contributed by atoms with Gasteiger partial charge in [-0.3, -0.25) is 4.79 Å². The van der Waals surface area contributed by atoms with E-state index in [2.05, 4.69) is 29.1 Å². The van der Waals surface area contributed by atoms with E-state index in [9.17, 15) is 9.90 Å². The van der Waals surface area contributed by atoms with E-state index in [1.54, 1.807) is 6.92 Å². The molecule has 1 fully saturated rings. The molecule has 0 spiro atoms. The van der Waals surface area contributed by atoms with Crippen LogP contribution in [0.15, 0.2) is 0 Å². The molecule has 1 unspecified atom stereocenters. The number of carboxylic acid groups (broad SMARTS) is 1. The molecule has 19 heavy (non-hydrogen) atoms. The zero-order valence-electron chi connectivity index (χ0n) is 12.8. The van der Waals surface area contributed by atoms with Crippen molar-refractivity contribution in [2.24, 2.45) is 0 Å². The van der Waals surface area contributed by atoms with E-state index < -0.39 is 11.5 Å². The lowest BCUT2D eigenvalue weighted by Crippen LogP contribution is -2.58. The van der Waals surface area contributed by atoms with Gasteiger partial charge in [0.25, 0.3) is 0 Å². The first-order valence-corrected chi connectivity index (χ1v) is 7.26. The highest BCUT2D eigenvalue weighted by atomic mass is 16.4. The van der Waals surface area contributed by atoms with Gasteiger partial charge in [-0.25, -0.2) is 0 Å². The van der Waals surface area contributed by atoms with Crippen molar-refractivity contribution in [3.05, 3.63) is 0 Å². The van der Waals surface area contributed by atoms with Crippen molar-refractivity contribution >= 4 is 5.97 Å². The Bertz CT molecular complexity index is 290. The van der Waals surface area contributed by atoms with Crippen LogP contribution in [0.3, 0.4) is 0 Å². The number of rotatable bonds is 7. The summed E-state index contributed by atoms with van der Waals surface area (Å²) in [7, 11) is 4.19. The van der Waals surface area contributed by atoms with Crippen LogP contribution in [0.4, 0.5) is 0 Å². The Morgan fingerprint density at radius 3 is 2.53 bits per heavy atom. The second-order valence-electron chi connectivity index (χ2n) is 6.01. The first-order chi connectivity index (χ1) is 8.89. The molecule has 0 aliphatic carbocycles. The molecular weight excluding hydrogens is 242 g/mol. The molecule has 0 aromatic rings. The fraction of sp³-hybridized carbons (Fsp3) is 0.929. The maximum Gasteiger partial charge on any atom is 0.324 e. The number of carboxylic acids is 1. The van der Waals surface area contributed by atoms with Crippen LogP contribution in [-0.2, 0) is 4.79 Å². The minimum atomic E-state index is -0.853. The highest BCUT2D eigenvalue weighted by Gasteiger charge is 2.35. The number of aliphatic carboxylic acids is 1. The summed E-state index contributed by atoms with van der Waals surface area (Å²) in [6.07, 6.45) is 3.19. The van der Waals surface area contributed by atoms with Gasteiger partial charge in [-0.1, -0.05) is 6.92 Å². The highest BCUT2D eigenvalue weighted by molar-refractivity contribution is 5.78. The van der Waals surface area contributed by atoms with Crippen molar-refractivity contribution in [1.29, 1.82) is 0 Å². The molecule has 1 saturated heterocycles. The monoisotopic (exact) mass is 271 g/mol. The summed E-state index contributed by atoms with van der Waals surface area (Å²) >= 11 is 0. The Hall–Kier alpha value is -0.650. The molecule has 2 N–H and O–H groups in total. The highest BCUT2D eigenvalue weighted by Crippen LogP contribution is 2.17. The molecule has 0 amide bonds. The zero-order valence-corrected chi connectivity index (χ0v) is 12.8. The van der Waals surface area contributed by atoms with Crippen molar-refractivity contribution in [3.8, 4) is 0 Å². The van der Waals surface area contributed by atoms with Gasteiger partial charge < -0.3 is 20.2 Å².